The predicted molar refractivity (Wildman–Crippen MR) is 71.1 cm³/mol. The van der Waals surface area contributed by atoms with Crippen LogP contribution >= 0.6 is 0 Å². The van der Waals surface area contributed by atoms with Gasteiger partial charge in [-0.3, -0.25) is 9.69 Å². The highest BCUT2D eigenvalue weighted by Gasteiger charge is 2.41. The zero-order valence-corrected chi connectivity index (χ0v) is 11.2. The number of nitrogens with two attached hydrogens (primary N) is 1. The summed E-state index contributed by atoms with van der Waals surface area (Å²) in [5.41, 5.74) is 5.96. The number of nitrogens with zero attached hydrogens (tertiary/aromatic N) is 1. The molecule has 0 aromatic heterocycles. The Morgan fingerprint density at radius 3 is 2.78 bits per heavy atom. The molecule has 3 rings (SSSR count). The SMILES string of the molecule is NCC1(CC(=O)NC2CCN3CCCC23)CCC1. The van der Waals surface area contributed by atoms with Crippen LogP contribution in [-0.4, -0.2) is 42.5 Å². The van der Waals surface area contributed by atoms with Gasteiger partial charge in [-0.1, -0.05) is 6.42 Å². The van der Waals surface area contributed by atoms with E-state index in [9.17, 15) is 4.79 Å². The van der Waals surface area contributed by atoms with Crippen LogP contribution < -0.4 is 11.1 Å². The van der Waals surface area contributed by atoms with Crippen LogP contribution in [0.1, 0.15) is 44.9 Å². The maximum absolute atomic E-state index is 12.2. The van der Waals surface area contributed by atoms with E-state index in [4.69, 9.17) is 5.73 Å². The van der Waals surface area contributed by atoms with Crippen molar-refractivity contribution in [3.63, 3.8) is 0 Å². The molecule has 18 heavy (non-hydrogen) atoms. The standard InChI is InChI=1S/C14H25N3O/c15-10-14(5-2-6-14)9-13(18)16-11-4-8-17-7-1-3-12(11)17/h11-12H,1-10,15H2,(H,16,18). The highest BCUT2D eigenvalue weighted by Crippen LogP contribution is 2.43. The molecule has 102 valence electrons. The third-order valence-corrected chi connectivity index (χ3v) is 5.34. The quantitative estimate of drug-likeness (QED) is 0.779. The number of carbonyl (C=O) groups is 1. The molecule has 3 N–H and O–H groups in total. The molecule has 3 aliphatic rings. The summed E-state index contributed by atoms with van der Waals surface area (Å²) < 4.78 is 0. The van der Waals surface area contributed by atoms with Crippen LogP contribution in [0.15, 0.2) is 0 Å². The summed E-state index contributed by atoms with van der Waals surface area (Å²) >= 11 is 0. The third kappa shape index (κ3) is 2.16. The number of amides is 1. The van der Waals surface area contributed by atoms with Gasteiger partial charge in [0.25, 0.3) is 0 Å². The second-order valence-corrected chi connectivity index (χ2v) is 6.44. The van der Waals surface area contributed by atoms with Gasteiger partial charge in [-0.15, -0.1) is 0 Å². The zero-order chi connectivity index (χ0) is 12.6. The highest BCUT2D eigenvalue weighted by molar-refractivity contribution is 5.77. The van der Waals surface area contributed by atoms with E-state index >= 15 is 0 Å². The van der Waals surface area contributed by atoms with Crippen LogP contribution in [0.4, 0.5) is 0 Å². The molecule has 0 radical (unpaired) electrons. The Labute approximate surface area is 109 Å². The molecule has 4 nitrogen and oxygen atoms in total. The lowest BCUT2D eigenvalue weighted by molar-refractivity contribution is -0.125. The van der Waals surface area contributed by atoms with Gasteiger partial charge in [0.05, 0.1) is 0 Å². The van der Waals surface area contributed by atoms with Crippen LogP contribution in [0.25, 0.3) is 0 Å². The molecule has 1 amide bonds. The first-order chi connectivity index (χ1) is 8.72. The minimum Gasteiger partial charge on any atom is -0.352 e. The Bertz CT molecular complexity index is 321. The zero-order valence-electron chi connectivity index (χ0n) is 11.2. The highest BCUT2D eigenvalue weighted by atomic mass is 16.1. The molecule has 2 heterocycles. The van der Waals surface area contributed by atoms with Crippen molar-refractivity contribution in [3.05, 3.63) is 0 Å². The second kappa shape index (κ2) is 4.82. The monoisotopic (exact) mass is 251 g/mol. The molecule has 2 saturated heterocycles. The number of nitrogens with one attached hydrogen (secondary N) is 1. The van der Waals surface area contributed by atoms with E-state index in [1.807, 2.05) is 0 Å². The predicted octanol–water partition coefficient (Wildman–Crippen LogP) is 0.858. The van der Waals surface area contributed by atoms with E-state index in [0.29, 0.717) is 25.0 Å². The fourth-order valence-corrected chi connectivity index (χ4v) is 3.98. The fourth-order valence-electron chi connectivity index (χ4n) is 3.98. The summed E-state index contributed by atoms with van der Waals surface area (Å²) in [6.07, 6.45) is 7.84. The van der Waals surface area contributed by atoms with Crippen LogP contribution in [0.3, 0.4) is 0 Å². The Morgan fingerprint density at radius 2 is 2.11 bits per heavy atom. The number of hydrogen-bond acceptors (Lipinski definition) is 3. The van der Waals surface area contributed by atoms with E-state index in [0.717, 1.165) is 25.8 Å². The lowest BCUT2D eigenvalue weighted by atomic mass is 9.66. The summed E-state index contributed by atoms with van der Waals surface area (Å²) in [4.78, 5) is 14.7. The summed E-state index contributed by atoms with van der Waals surface area (Å²) in [5.74, 6) is 0.235. The minimum atomic E-state index is 0.137. The van der Waals surface area contributed by atoms with Gasteiger partial charge in [-0.2, -0.15) is 0 Å². The molecular weight excluding hydrogens is 226 g/mol. The van der Waals surface area contributed by atoms with Gasteiger partial charge in [-0.25, -0.2) is 0 Å². The molecule has 0 aromatic rings. The van der Waals surface area contributed by atoms with Gasteiger partial charge in [0.15, 0.2) is 0 Å². The average molecular weight is 251 g/mol. The molecule has 1 aliphatic carbocycles. The van der Waals surface area contributed by atoms with Crippen molar-refractivity contribution >= 4 is 5.91 Å². The second-order valence-electron chi connectivity index (χ2n) is 6.44. The molecule has 2 atom stereocenters. The summed E-state index contributed by atoms with van der Waals surface area (Å²) in [5, 5.41) is 3.27. The molecule has 2 unspecified atom stereocenters. The van der Waals surface area contributed by atoms with E-state index in [-0.39, 0.29) is 11.3 Å². The number of fused-ring (bicyclic) bond motifs is 1. The van der Waals surface area contributed by atoms with Crippen molar-refractivity contribution in [2.45, 2.75) is 57.0 Å². The molecule has 3 fully saturated rings. The van der Waals surface area contributed by atoms with Crippen molar-refractivity contribution in [2.75, 3.05) is 19.6 Å². The van der Waals surface area contributed by atoms with Gasteiger partial charge in [0.1, 0.15) is 0 Å². The van der Waals surface area contributed by atoms with Gasteiger partial charge < -0.3 is 11.1 Å². The molecule has 4 heteroatoms. The molecule has 0 spiro atoms. The largest absolute Gasteiger partial charge is 0.352 e. The molecule has 0 aromatic carbocycles. The maximum Gasteiger partial charge on any atom is 0.220 e. The van der Waals surface area contributed by atoms with E-state index in [2.05, 4.69) is 10.2 Å². The molecular formula is C14H25N3O. The van der Waals surface area contributed by atoms with Crippen LogP contribution in [0.2, 0.25) is 0 Å². The van der Waals surface area contributed by atoms with Gasteiger partial charge >= 0.3 is 0 Å². The average Bonchev–Trinajstić information content (AvgIpc) is 2.88. The number of carbonyl (C=O) groups excluding carboxylic acids is 1. The smallest absolute Gasteiger partial charge is 0.220 e. The van der Waals surface area contributed by atoms with Gasteiger partial charge in [0, 0.05) is 25.0 Å². The van der Waals surface area contributed by atoms with E-state index in [1.165, 1.54) is 25.8 Å². The van der Waals surface area contributed by atoms with Crippen LogP contribution in [-0.2, 0) is 4.79 Å². The Kier molecular flexibility index (Phi) is 3.32. The van der Waals surface area contributed by atoms with Gasteiger partial charge in [-0.05, 0) is 50.6 Å². The van der Waals surface area contributed by atoms with Crippen LogP contribution in [0.5, 0.6) is 0 Å². The molecule has 1 saturated carbocycles. The van der Waals surface area contributed by atoms with Gasteiger partial charge in [0.2, 0.25) is 5.91 Å². The maximum atomic E-state index is 12.2. The minimum absolute atomic E-state index is 0.137. The van der Waals surface area contributed by atoms with Crippen molar-refractivity contribution in [1.82, 2.24) is 10.2 Å². The first-order valence-corrected chi connectivity index (χ1v) is 7.46. The van der Waals surface area contributed by atoms with Crippen LogP contribution in [0, 0.1) is 5.41 Å². The summed E-state index contributed by atoms with van der Waals surface area (Å²) in [6, 6.07) is 1.01. The summed E-state index contributed by atoms with van der Waals surface area (Å²) in [6.45, 7) is 3.06. The molecule has 0 bridgehead atoms. The Morgan fingerprint density at radius 1 is 1.28 bits per heavy atom. The normalized spacial score (nSPS) is 34.1. The van der Waals surface area contributed by atoms with Crippen molar-refractivity contribution in [1.29, 1.82) is 0 Å². The van der Waals surface area contributed by atoms with E-state index in [1.54, 1.807) is 0 Å². The lowest BCUT2D eigenvalue weighted by Gasteiger charge is -2.40. The molecule has 2 aliphatic heterocycles. The lowest BCUT2D eigenvalue weighted by Crippen LogP contribution is -2.47. The number of rotatable bonds is 4. The Hall–Kier alpha value is -0.610. The van der Waals surface area contributed by atoms with E-state index < -0.39 is 0 Å². The summed E-state index contributed by atoms with van der Waals surface area (Å²) in [7, 11) is 0. The fraction of sp³-hybridized carbons (Fsp3) is 0.929. The van der Waals surface area contributed by atoms with Crippen molar-refractivity contribution < 1.29 is 4.79 Å². The third-order valence-electron chi connectivity index (χ3n) is 5.34. The first-order valence-electron chi connectivity index (χ1n) is 7.46. The Balaban J connectivity index is 1.52. The van der Waals surface area contributed by atoms with Crippen molar-refractivity contribution in [3.8, 4) is 0 Å². The number of hydrogen-bond donors (Lipinski definition) is 2. The van der Waals surface area contributed by atoms with Crippen molar-refractivity contribution in [2.24, 2.45) is 11.1 Å². The topological polar surface area (TPSA) is 58.4 Å². The first kappa shape index (κ1) is 12.4.